The molecule has 5 rings (SSSR count). The number of primary amides is 1. The maximum absolute atomic E-state index is 13.2. The third-order valence-electron chi connectivity index (χ3n) is 7.77. The van der Waals surface area contributed by atoms with E-state index < -0.39 is 12.3 Å². The molecular formula is C26H30ClF3N6O2. The average Bonchev–Trinajstić information content (AvgIpc) is 3.41. The van der Waals surface area contributed by atoms with Crippen LogP contribution in [-0.4, -0.2) is 65.8 Å². The quantitative estimate of drug-likeness (QED) is 0.428. The lowest BCUT2D eigenvalue weighted by Crippen LogP contribution is -2.43. The molecule has 2 aromatic rings. The Morgan fingerprint density at radius 3 is 2.68 bits per heavy atom. The lowest BCUT2D eigenvalue weighted by Gasteiger charge is -2.27. The van der Waals surface area contributed by atoms with Crippen molar-refractivity contribution in [2.75, 3.05) is 37.4 Å². The van der Waals surface area contributed by atoms with Crippen LogP contribution in [0.2, 0.25) is 5.02 Å². The van der Waals surface area contributed by atoms with Crippen LogP contribution in [0.25, 0.3) is 0 Å². The Labute approximate surface area is 223 Å². The number of carbonyl (C=O) groups is 1. The summed E-state index contributed by atoms with van der Waals surface area (Å²) in [6, 6.07) is 5.67. The van der Waals surface area contributed by atoms with Gasteiger partial charge in [-0.25, -0.2) is 4.98 Å². The Hall–Kier alpha value is -2.89. The number of alkyl halides is 3. The first-order chi connectivity index (χ1) is 18.1. The van der Waals surface area contributed by atoms with Crippen molar-refractivity contribution >= 4 is 35.0 Å². The van der Waals surface area contributed by atoms with Crippen molar-refractivity contribution in [3.05, 3.63) is 52.7 Å². The number of hydrogen-bond donors (Lipinski definition) is 3. The zero-order chi connectivity index (χ0) is 27.0. The van der Waals surface area contributed by atoms with Crippen LogP contribution in [0.3, 0.4) is 0 Å². The van der Waals surface area contributed by atoms with Gasteiger partial charge in [-0.05, 0) is 54.4 Å². The van der Waals surface area contributed by atoms with Crippen LogP contribution in [0.15, 0.2) is 36.5 Å². The highest BCUT2D eigenvalue weighted by Crippen LogP contribution is 2.45. The highest BCUT2D eigenvalue weighted by Gasteiger charge is 2.47. The number of nitrogens with zero attached hydrogens (tertiary/aromatic N) is 3. The fourth-order valence-corrected chi connectivity index (χ4v) is 5.95. The van der Waals surface area contributed by atoms with E-state index in [0.717, 1.165) is 30.3 Å². The molecule has 4 N–H and O–H groups in total. The molecule has 204 valence electrons. The van der Waals surface area contributed by atoms with Crippen LogP contribution in [0.1, 0.15) is 17.5 Å². The molecule has 12 heteroatoms. The van der Waals surface area contributed by atoms with E-state index in [0.29, 0.717) is 42.7 Å². The second kappa shape index (κ2) is 10.7. The first-order valence-electron chi connectivity index (χ1n) is 12.6. The topological polar surface area (TPSA) is 105 Å². The summed E-state index contributed by atoms with van der Waals surface area (Å²) in [7, 11) is 1.09. The van der Waals surface area contributed by atoms with Gasteiger partial charge in [0.2, 0.25) is 11.9 Å². The normalized spacial score (nSPS) is 25.6. The summed E-state index contributed by atoms with van der Waals surface area (Å²) in [5.74, 6) is 0.380. The number of halogens is 4. The molecule has 0 spiro atoms. The predicted molar refractivity (Wildman–Crippen MR) is 138 cm³/mol. The van der Waals surface area contributed by atoms with Crippen molar-refractivity contribution in [3.8, 4) is 0 Å². The van der Waals surface area contributed by atoms with Crippen molar-refractivity contribution in [2.45, 2.75) is 37.6 Å². The number of benzene rings is 1. The van der Waals surface area contributed by atoms with E-state index in [-0.39, 0.29) is 36.2 Å². The van der Waals surface area contributed by atoms with E-state index >= 15 is 0 Å². The smallest absolute Gasteiger partial charge is 0.371 e. The summed E-state index contributed by atoms with van der Waals surface area (Å²) in [6.07, 6.45) is 1.57. The van der Waals surface area contributed by atoms with E-state index in [1.165, 1.54) is 6.20 Å². The Bertz CT molecular complexity index is 1230. The number of fused-ring (bicyclic) bond motifs is 3. The fraction of sp³-hybridized carbons (Fsp3) is 0.500. The standard InChI is InChI=1S/C26H30ClF3N6O2/c1-38-20(26(28,29)30)13-36-8-6-14-4-5-18(11-15(14)7-9-36)33-25-32-12-19(27)24(35-25)34-22-17-3-2-16(10-17)21(22)23(31)37/h2-5,11-12,16-17,20-22H,6-10,13H2,1H3,(H2,31,37)(H2,32,33,34,35)/t16-,17+,20-,21+,22-/m0/s1. The van der Waals surface area contributed by atoms with E-state index in [2.05, 4.69) is 37.5 Å². The minimum absolute atomic E-state index is 0.123. The van der Waals surface area contributed by atoms with Gasteiger partial charge in [0.1, 0.15) is 5.02 Å². The molecule has 2 bridgehead atoms. The van der Waals surface area contributed by atoms with Crippen LogP contribution in [-0.2, 0) is 22.4 Å². The van der Waals surface area contributed by atoms with Gasteiger partial charge in [-0.3, -0.25) is 9.69 Å². The van der Waals surface area contributed by atoms with Crippen LogP contribution < -0.4 is 16.4 Å². The van der Waals surface area contributed by atoms with E-state index in [1.807, 2.05) is 18.2 Å². The molecule has 0 unspecified atom stereocenters. The van der Waals surface area contributed by atoms with Crippen molar-refractivity contribution < 1.29 is 22.7 Å². The zero-order valence-corrected chi connectivity index (χ0v) is 21.6. The number of rotatable bonds is 8. The van der Waals surface area contributed by atoms with Gasteiger partial charge in [-0.1, -0.05) is 29.8 Å². The fourth-order valence-electron chi connectivity index (χ4n) is 5.80. The summed E-state index contributed by atoms with van der Waals surface area (Å²) in [5.41, 5.74) is 8.59. The van der Waals surface area contributed by atoms with Crippen molar-refractivity contribution in [1.82, 2.24) is 14.9 Å². The molecule has 1 aromatic heterocycles. The number of nitrogens with one attached hydrogen (secondary N) is 2. The highest BCUT2D eigenvalue weighted by atomic mass is 35.5. The van der Waals surface area contributed by atoms with Gasteiger partial charge in [0.05, 0.1) is 12.1 Å². The molecule has 2 aliphatic carbocycles. The number of amides is 1. The molecule has 0 radical (unpaired) electrons. The summed E-state index contributed by atoms with van der Waals surface area (Å²) in [4.78, 5) is 22.7. The first-order valence-corrected chi connectivity index (χ1v) is 13.0. The third kappa shape index (κ3) is 5.60. The number of hydrogen-bond acceptors (Lipinski definition) is 7. The Morgan fingerprint density at radius 1 is 1.24 bits per heavy atom. The minimum atomic E-state index is -4.40. The largest absolute Gasteiger partial charge is 0.415 e. The second-order valence-electron chi connectivity index (χ2n) is 10.1. The first kappa shape index (κ1) is 26.7. The average molecular weight is 551 g/mol. The van der Waals surface area contributed by atoms with Gasteiger partial charge >= 0.3 is 6.18 Å². The number of ether oxygens (including phenoxy) is 1. The Balaban J connectivity index is 1.26. The number of methoxy groups -OCH3 is 1. The number of allylic oxidation sites excluding steroid dienone is 1. The van der Waals surface area contributed by atoms with E-state index in [9.17, 15) is 18.0 Å². The lowest BCUT2D eigenvalue weighted by molar-refractivity contribution is -0.216. The molecule has 8 nitrogen and oxygen atoms in total. The number of anilines is 3. The molecule has 3 aliphatic rings. The number of aromatic nitrogens is 2. The molecule has 1 fully saturated rings. The number of carbonyl (C=O) groups excluding carboxylic acids is 1. The summed E-state index contributed by atoms with van der Waals surface area (Å²) in [5, 5.41) is 6.85. The van der Waals surface area contributed by atoms with Gasteiger partial charge in [-0.15, -0.1) is 0 Å². The lowest BCUT2D eigenvalue weighted by atomic mass is 9.88. The van der Waals surface area contributed by atoms with Crippen molar-refractivity contribution in [2.24, 2.45) is 23.5 Å². The molecule has 1 amide bonds. The van der Waals surface area contributed by atoms with Crippen molar-refractivity contribution in [3.63, 3.8) is 0 Å². The summed E-state index contributed by atoms with van der Waals surface area (Å²) >= 11 is 6.37. The molecule has 2 heterocycles. The SMILES string of the molecule is CO[C@@H](CN1CCc2ccc(Nc3ncc(Cl)c(N[C@@H]4[C@H](C(N)=O)[C@H]5C=C[C@@H]4C5)n3)cc2CC1)C(F)(F)F. The van der Waals surface area contributed by atoms with Gasteiger partial charge < -0.3 is 21.1 Å². The third-order valence-corrected chi connectivity index (χ3v) is 8.04. The Morgan fingerprint density at radius 2 is 1.97 bits per heavy atom. The highest BCUT2D eigenvalue weighted by molar-refractivity contribution is 6.32. The van der Waals surface area contributed by atoms with Crippen molar-refractivity contribution in [1.29, 1.82) is 0 Å². The zero-order valence-electron chi connectivity index (χ0n) is 20.8. The monoisotopic (exact) mass is 550 g/mol. The molecule has 1 aliphatic heterocycles. The summed E-state index contributed by atoms with van der Waals surface area (Å²) in [6.45, 7) is 0.828. The molecule has 38 heavy (non-hydrogen) atoms. The van der Waals surface area contributed by atoms with Crippen LogP contribution in [0.4, 0.5) is 30.6 Å². The minimum Gasteiger partial charge on any atom is -0.371 e. The van der Waals surface area contributed by atoms with Crippen LogP contribution in [0.5, 0.6) is 0 Å². The maximum atomic E-state index is 13.2. The van der Waals surface area contributed by atoms with Crippen LogP contribution in [0, 0.1) is 17.8 Å². The molecular weight excluding hydrogens is 521 g/mol. The summed E-state index contributed by atoms with van der Waals surface area (Å²) < 4.78 is 44.1. The molecule has 1 saturated carbocycles. The predicted octanol–water partition coefficient (Wildman–Crippen LogP) is 3.94. The Kier molecular flexibility index (Phi) is 7.52. The maximum Gasteiger partial charge on any atom is 0.415 e. The molecule has 1 aromatic carbocycles. The molecule has 0 saturated heterocycles. The van der Waals surface area contributed by atoms with Gasteiger partial charge in [0, 0.05) is 38.5 Å². The van der Waals surface area contributed by atoms with Gasteiger partial charge in [0.25, 0.3) is 0 Å². The molecule has 5 atom stereocenters. The van der Waals surface area contributed by atoms with Gasteiger partial charge in [-0.2, -0.15) is 18.2 Å². The van der Waals surface area contributed by atoms with E-state index in [1.54, 1.807) is 4.90 Å². The number of nitrogens with two attached hydrogens (primary N) is 1. The second-order valence-corrected chi connectivity index (χ2v) is 10.5. The van der Waals surface area contributed by atoms with Crippen LogP contribution >= 0.6 is 11.6 Å². The van der Waals surface area contributed by atoms with E-state index in [4.69, 9.17) is 17.3 Å². The van der Waals surface area contributed by atoms with Gasteiger partial charge in [0.15, 0.2) is 11.9 Å².